The average Bonchev–Trinajstić information content (AvgIpc) is 2.41. The van der Waals surface area contributed by atoms with E-state index in [1.165, 1.54) is 19.3 Å². The molecule has 6 heteroatoms. The number of carbonyl (C=O) groups excluding carboxylic acids is 1. The van der Waals surface area contributed by atoms with Gasteiger partial charge in [-0.05, 0) is 62.7 Å². The maximum atomic E-state index is 12.7. The van der Waals surface area contributed by atoms with Crippen LogP contribution in [0.15, 0.2) is 0 Å². The van der Waals surface area contributed by atoms with E-state index in [9.17, 15) is 19.5 Å². The minimum Gasteiger partial charge on any atom is -0.481 e. The molecule has 1 amide bonds. The molecule has 0 aromatic heterocycles. The Labute approximate surface area is 129 Å². The lowest BCUT2D eigenvalue weighted by Gasteiger charge is -2.55. The van der Waals surface area contributed by atoms with E-state index in [0.717, 1.165) is 19.3 Å². The number of rotatable bonds is 6. The van der Waals surface area contributed by atoms with E-state index in [1.807, 2.05) is 0 Å². The molecule has 3 N–H and O–H groups in total. The predicted molar refractivity (Wildman–Crippen MR) is 77.0 cm³/mol. The van der Waals surface area contributed by atoms with E-state index in [0.29, 0.717) is 17.8 Å². The van der Waals surface area contributed by atoms with Crippen molar-refractivity contribution < 1.29 is 24.6 Å². The molecule has 4 aliphatic rings. The number of carbonyl (C=O) groups is 3. The zero-order valence-corrected chi connectivity index (χ0v) is 12.6. The Morgan fingerprint density at radius 3 is 1.91 bits per heavy atom. The largest absolute Gasteiger partial charge is 0.481 e. The highest BCUT2D eigenvalue weighted by atomic mass is 16.4. The van der Waals surface area contributed by atoms with Gasteiger partial charge in [-0.1, -0.05) is 0 Å². The van der Waals surface area contributed by atoms with Crippen molar-refractivity contribution in [1.29, 1.82) is 0 Å². The summed E-state index contributed by atoms with van der Waals surface area (Å²) in [5.74, 6) is -0.531. The maximum Gasteiger partial charge on any atom is 0.326 e. The van der Waals surface area contributed by atoms with E-state index < -0.39 is 23.4 Å². The van der Waals surface area contributed by atoms with E-state index in [4.69, 9.17) is 5.11 Å². The summed E-state index contributed by atoms with van der Waals surface area (Å²) in [4.78, 5) is 34.6. The topological polar surface area (TPSA) is 104 Å². The van der Waals surface area contributed by atoms with E-state index in [1.54, 1.807) is 0 Å². The van der Waals surface area contributed by atoms with Crippen LogP contribution in [0.4, 0.5) is 0 Å². The molecule has 4 bridgehead atoms. The van der Waals surface area contributed by atoms with Crippen LogP contribution in [0.1, 0.15) is 51.4 Å². The highest BCUT2D eigenvalue weighted by Gasteiger charge is 2.54. The molecule has 0 aromatic carbocycles. The Hall–Kier alpha value is -1.59. The molecule has 22 heavy (non-hydrogen) atoms. The normalized spacial score (nSPS) is 36.8. The molecular weight excluding hydrogens is 286 g/mol. The SMILES string of the molecule is O=C(O)CCC(NC(=O)C12CC3CC(CC(C3)C1)C2)C(=O)O. The standard InChI is InChI=1S/C16H23NO5/c18-13(19)2-1-12(14(20)21)17-15(22)16-6-9-3-10(7-16)5-11(4-9)8-16/h9-12H,1-8H2,(H,17,22)(H,18,19)(H,20,21). The van der Waals surface area contributed by atoms with E-state index in [2.05, 4.69) is 5.32 Å². The Balaban J connectivity index is 1.67. The van der Waals surface area contributed by atoms with Gasteiger partial charge in [0.2, 0.25) is 5.91 Å². The van der Waals surface area contributed by atoms with Gasteiger partial charge in [-0.2, -0.15) is 0 Å². The van der Waals surface area contributed by atoms with Crippen molar-refractivity contribution >= 4 is 17.8 Å². The Morgan fingerprint density at radius 1 is 1.00 bits per heavy atom. The first-order chi connectivity index (χ1) is 10.4. The van der Waals surface area contributed by atoms with Crippen molar-refractivity contribution in [3.8, 4) is 0 Å². The number of carboxylic acid groups (broad SMARTS) is 2. The summed E-state index contributed by atoms with van der Waals surface area (Å²) in [6.07, 6.45) is 5.94. The fourth-order valence-corrected chi connectivity index (χ4v) is 5.23. The van der Waals surface area contributed by atoms with Crippen LogP contribution in [0.2, 0.25) is 0 Å². The second kappa shape index (κ2) is 5.56. The van der Waals surface area contributed by atoms with Crippen molar-refractivity contribution in [1.82, 2.24) is 5.32 Å². The van der Waals surface area contributed by atoms with Crippen molar-refractivity contribution in [2.24, 2.45) is 23.2 Å². The number of hydrogen-bond acceptors (Lipinski definition) is 3. The molecule has 0 radical (unpaired) electrons. The lowest BCUT2D eigenvalue weighted by atomic mass is 9.49. The highest BCUT2D eigenvalue weighted by molar-refractivity contribution is 5.88. The molecule has 1 unspecified atom stereocenters. The number of hydrogen-bond donors (Lipinski definition) is 3. The van der Waals surface area contributed by atoms with Crippen LogP contribution in [0.3, 0.4) is 0 Å². The smallest absolute Gasteiger partial charge is 0.326 e. The molecule has 4 rings (SSSR count). The highest BCUT2D eigenvalue weighted by Crippen LogP contribution is 2.60. The summed E-state index contributed by atoms with van der Waals surface area (Å²) in [7, 11) is 0. The molecule has 4 aliphatic carbocycles. The van der Waals surface area contributed by atoms with Crippen molar-refractivity contribution in [2.45, 2.75) is 57.4 Å². The lowest BCUT2D eigenvalue weighted by Crippen LogP contribution is -2.56. The molecule has 1 atom stereocenters. The van der Waals surface area contributed by atoms with Crippen LogP contribution in [0.25, 0.3) is 0 Å². The minimum absolute atomic E-state index is 0.0667. The van der Waals surface area contributed by atoms with Gasteiger partial charge in [-0.15, -0.1) is 0 Å². The molecule has 4 saturated carbocycles. The molecule has 0 saturated heterocycles. The van der Waals surface area contributed by atoms with Gasteiger partial charge in [0, 0.05) is 11.8 Å². The molecule has 0 spiro atoms. The first kappa shape index (κ1) is 15.3. The van der Waals surface area contributed by atoms with Crippen LogP contribution < -0.4 is 5.32 Å². The molecular formula is C16H23NO5. The minimum atomic E-state index is -1.15. The number of carboxylic acids is 2. The summed E-state index contributed by atoms with van der Waals surface area (Å²) in [5, 5.41) is 20.5. The van der Waals surface area contributed by atoms with Crippen molar-refractivity contribution in [2.75, 3.05) is 0 Å². The number of amides is 1. The van der Waals surface area contributed by atoms with Gasteiger partial charge in [0.15, 0.2) is 0 Å². The summed E-state index contributed by atoms with van der Waals surface area (Å²) >= 11 is 0. The molecule has 0 heterocycles. The lowest BCUT2D eigenvalue weighted by molar-refractivity contribution is -0.152. The van der Waals surface area contributed by atoms with Gasteiger partial charge in [-0.3, -0.25) is 9.59 Å². The predicted octanol–water partition coefficient (Wildman–Crippen LogP) is 1.64. The third-order valence-electron chi connectivity index (χ3n) is 5.77. The number of nitrogens with one attached hydrogen (secondary N) is 1. The fourth-order valence-electron chi connectivity index (χ4n) is 5.23. The van der Waals surface area contributed by atoms with Gasteiger partial charge in [0.1, 0.15) is 6.04 Å². The summed E-state index contributed by atoms with van der Waals surface area (Å²) in [6, 6.07) is -1.10. The first-order valence-corrected chi connectivity index (χ1v) is 8.13. The third kappa shape index (κ3) is 2.83. The molecule has 0 aliphatic heterocycles. The second-order valence-corrected chi connectivity index (χ2v) is 7.49. The van der Waals surface area contributed by atoms with Gasteiger partial charge >= 0.3 is 11.9 Å². The van der Waals surface area contributed by atoms with Crippen molar-refractivity contribution in [3.63, 3.8) is 0 Å². The maximum absolute atomic E-state index is 12.7. The molecule has 4 fully saturated rings. The third-order valence-corrected chi connectivity index (χ3v) is 5.77. The number of aliphatic carboxylic acids is 2. The van der Waals surface area contributed by atoms with Gasteiger partial charge in [0.05, 0.1) is 0 Å². The zero-order valence-electron chi connectivity index (χ0n) is 12.6. The summed E-state index contributed by atoms with van der Waals surface area (Å²) in [6.45, 7) is 0. The quantitative estimate of drug-likeness (QED) is 0.692. The van der Waals surface area contributed by atoms with E-state index in [-0.39, 0.29) is 18.7 Å². The van der Waals surface area contributed by atoms with Crippen LogP contribution in [0.5, 0.6) is 0 Å². The van der Waals surface area contributed by atoms with Gasteiger partial charge in [0.25, 0.3) is 0 Å². The molecule has 6 nitrogen and oxygen atoms in total. The van der Waals surface area contributed by atoms with Gasteiger partial charge < -0.3 is 15.5 Å². The molecule has 0 aromatic rings. The van der Waals surface area contributed by atoms with Crippen LogP contribution in [-0.4, -0.2) is 34.1 Å². The first-order valence-electron chi connectivity index (χ1n) is 8.13. The summed E-state index contributed by atoms with van der Waals surface area (Å²) < 4.78 is 0. The Bertz CT molecular complexity index is 465. The molecule has 122 valence electrons. The fraction of sp³-hybridized carbons (Fsp3) is 0.812. The second-order valence-electron chi connectivity index (χ2n) is 7.49. The summed E-state index contributed by atoms with van der Waals surface area (Å²) in [5.41, 5.74) is -0.397. The monoisotopic (exact) mass is 309 g/mol. The van der Waals surface area contributed by atoms with E-state index >= 15 is 0 Å². The van der Waals surface area contributed by atoms with Crippen LogP contribution in [0, 0.1) is 23.2 Å². The Kier molecular flexibility index (Phi) is 3.87. The van der Waals surface area contributed by atoms with Crippen LogP contribution >= 0.6 is 0 Å². The average molecular weight is 309 g/mol. The van der Waals surface area contributed by atoms with Crippen LogP contribution in [-0.2, 0) is 14.4 Å². The zero-order chi connectivity index (χ0) is 15.9. The van der Waals surface area contributed by atoms with Crippen molar-refractivity contribution in [3.05, 3.63) is 0 Å². The Morgan fingerprint density at radius 2 is 1.50 bits per heavy atom. The van der Waals surface area contributed by atoms with Gasteiger partial charge in [-0.25, -0.2) is 4.79 Å².